The van der Waals surface area contributed by atoms with Crippen LogP contribution < -0.4 is 5.73 Å². The van der Waals surface area contributed by atoms with E-state index >= 15 is 0 Å². The molecule has 0 fully saturated rings. The Labute approximate surface area is 112 Å². The predicted molar refractivity (Wildman–Crippen MR) is 75.3 cm³/mol. The summed E-state index contributed by atoms with van der Waals surface area (Å²) in [7, 11) is 0. The summed E-state index contributed by atoms with van der Waals surface area (Å²) in [5.41, 5.74) is 7.16. The maximum absolute atomic E-state index is 5.51. The first-order valence-corrected chi connectivity index (χ1v) is 6.47. The van der Waals surface area contributed by atoms with Crippen molar-refractivity contribution < 1.29 is 0 Å². The van der Waals surface area contributed by atoms with Gasteiger partial charge in [0.25, 0.3) is 0 Å². The third-order valence-electron chi connectivity index (χ3n) is 2.74. The predicted octanol–water partition coefficient (Wildman–Crippen LogP) is 2.44. The molecule has 0 spiro atoms. The Hall–Kier alpha value is -1.59. The van der Waals surface area contributed by atoms with E-state index in [1.807, 2.05) is 18.2 Å². The second kappa shape index (κ2) is 4.59. The van der Waals surface area contributed by atoms with E-state index in [-0.39, 0.29) is 0 Å². The molecule has 2 aromatic heterocycles. The van der Waals surface area contributed by atoms with Crippen molar-refractivity contribution in [3.05, 3.63) is 40.8 Å². The van der Waals surface area contributed by atoms with Crippen molar-refractivity contribution >= 4 is 37.9 Å². The minimum atomic E-state index is 0.548. The van der Waals surface area contributed by atoms with E-state index < -0.39 is 0 Å². The molecule has 3 rings (SSSR count). The largest absolute Gasteiger partial charge is 0.330 e. The Morgan fingerprint density at radius 1 is 1.11 bits per heavy atom. The molecule has 0 atom stereocenters. The monoisotopic (exact) mass is 302 g/mol. The minimum Gasteiger partial charge on any atom is -0.330 e. The molecule has 0 aliphatic carbocycles. The molecule has 0 saturated carbocycles. The van der Waals surface area contributed by atoms with Gasteiger partial charge < -0.3 is 5.73 Å². The molecule has 90 valence electrons. The average Bonchev–Trinajstić information content (AvgIpc) is 2.37. The number of halogens is 1. The first-order valence-electron chi connectivity index (χ1n) is 5.68. The van der Waals surface area contributed by atoms with Gasteiger partial charge in [0.1, 0.15) is 5.82 Å². The van der Waals surface area contributed by atoms with Crippen LogP contribution >= 0.6 is 15.9 Å². The topological polar surface area (TPSA) is 64.7 Å². The normalized spacial score (nSPS) is 11.2. The molecule has 0 bridgehead atoms. The number of aromatic nitrogens is 3. The highest BCUT2D eigenvalue weighted by Gasteiger charge is 2.04. The number of hydrogen-bond acceptors (Lipinski definition) is 4. The Kier molecular flexibility index (Phi) is 2.93. The van der Waals surface area contributed by atoms with Gasteiger partial charge in [0.05, 0.1) is 5.52 Å². The van der Waals surface area contributed by atoms with Crippen molar-refractivity contribution in [2.75, 3.05) is 6.54 Å². The fraction of sp³-hybridized carbons (Fsp3) is 0.154. The van der Waals surface area contributed by atoms with Gasteiger partial charge in [-0.25, -0.2) is 15.0 Å². The van der Waals surface area contributed by atoms with Gasteiger partial charge in [0.2, 0.25) is 0 Å². The van der Waals surface area contributed by atoms with Gasteiger partial charge in [-0.3, -0.25) is 0 Å². The van der Waals surface area contributed by atoms with Crippen LogP contribution in [0.4, 0.5) is 0 Å². The molecule has 4 nitrogen and oxygen atoms in total. The number of benzene rings is 1. The highest BCUT2D eigenvalue weighted by atomic mass is 79.9. The van der Waals surface area contributed by atoms with E-state index in [4.69, 9.17) is 5.73 Å². The number of nitrogens with two attached hydrogens (primary N) is 1. The zero-order chi connectivity index (χ0) is 12.5. The minimum absolute atomic E-state index is 0.548. The summed E-state index contributed by atoms with van der Waals surface area (Å²) in [5, 5.41) is 2.02. The maximum atomic E-state index is 5.51. The highest BCUT2D eigenvalue weighted by Crippen LogP contribution is 2.21. The Balaban J connectivity index is 2.24. The summed E-state index contributed by atoms with van der Waals surface area (Å²) >= 11 is 3.46. The van der Waals surface area contributed by atoms with Crippen LogP contribution in [-0.2, 0) is 6.42 Å². The van der Waals surface area contributed by atoms with Gasteiger partial charge >= 0.3 is 0 Å². The van der Waals surface area contributed by atoms with E-state index in [1.54, 1.807) is 6.20 Å². The smallest absolute Gasteiger partial charge is 0.163 e. The molecule has 0 radical (unpaired) electrons. The van der Waals surface area contributed by atoms with Crippen LogP contribution in [0.5, 0.6) is 0 Å². The fourth-order valence-electron chi connectivity index (χ4n) is 1.88. The Bertz CT molecular complexity index is 727. The molecule has 3 aromatic rings. The lowest BCUT2D eigenvalue weighted by atomic mass is 10.2. The van der Waals surface area contributed by atoms with Crippen molar-refractivity contribution in [2.45, 2.75) is 6.42 Å². The Morgan fingerprint density at radius 3 is 2.83 bits per heavy atom. The van der Waals surface area contributed by atoms with E-state index in [1.165, 1.54) is 0 Å². The third-order valence-corrected chi connectivity index (χ3v) is 3.23. The van der Waals surface area contributed by atoms with Crippen LogP contribution in [0.15, 0.2) is 34.9 Å². The first-order chi connectivity index (χ1) is 8.76. The molecular weight excluding hydrogens is 292 g/mol. The van der Waals surface area contributed by atoms with E-state index in [0.29, 0.717) is 13.0 Å². The molecule has 2 N–H and O–H groups in total. The number of rotatable bonds is 2. The molecule has 18 heavy (non-hydrogen) atoms. The molecular formula is C13H11BrN4. The summed E-state index contributed by atoms with van der Waals surface area (Å²) in [5.74, 6) is 0.744. The lowest BCUT2D eigenvalue weighted by Crippen LogP contribution is -2.06. The summed E-state index contributed by atoms with van der Waals surface area (Å²) in [6.45, 7) is 0.548. The first kappa shape index (κ1) is 11.5. The second-order valence-corrected chi connectivity index (χ2v) is 4.98. The molecule has 0 amide bonds. The Morgan fingerprint density at radius 2 is 2.00 bits per heavy atom. The number of pyridine rings is 1. The van der Waals surface area contributed by atoms with Crippen LogP contribution in [0.2, 0.25) is 0 Å². The molecule has 0 saturated heterocycles. The van der Waals surface area contributed by atoms with Gasteiger partial charge in [-0.05, 0) is 30.8 Å². The standard InChI is InChI=1S/C13H11BrN4/c14-10-1-2-11-8(6-10)5-9-7-16-12(3-4-15)18-13(9)17-11/h1-2,5-7H,3-4,15H2. The van der Waals surface area contributed by atoms with E-state index in [9.17, 15) is 0 Å². The molecule has 0 aliphatic heterocycles. The van der Waals surface area contributed by atoms with Crippen LogP contribution in [0.3, 0.4) is 0 Å². The molecule has 0 unspecified atom stereocenters. The maximum Gasteiger partial charge on any atom is 0.163 e. The number of nitrogens with zero attached hydrogens (tertiary/aromatic N) is 3. The van der Waals surface area contributed by atoms with Gasteiger partial charge in [0.15, 0.2) is 5.65 Å². The molecule has 5 heteroatoms. The SMILES string of the molecule is NCCc1ncc2cc3cc(Br)ccc3nc2n1. The van der Waals surface area contributed by atoms with Crippen molar-refractivity contribution in [1.29, 1.82) is 0 Å². The summed E-state index contributed by atoms with van der Waals surface area (Å²) in [6.07, 6.45) is 2.48. The van der Waals surface area contributed by atoms with Gasteiger partial charge in [-0.2, -0.15) is 0 Å². The average molecular weight is 303 g/mol. The summed E-state index contributed by atoms with van der Waals surface area (Å²) < 4.78 is 1.04. The lowest BCUT2D eigenvalue weighted by Gasteiger charge is -2.03. The van der Waals surface area contributed by atoms with Crippen LogP contribution in [-0.4, -0.2) is 21.5 Å². The van der Waals surface area contributed by atoms with Crippen LogP contribution in [0.25, 0.3) is 21.9 Å². The quantitative estimate of drug-likeness (QED) is 0.739. The zero-order valence-corrected chi connectivity index (χ0v) is 11.2. The molecule has 2 heterocycles. The fourth-order valence-corrected chi connectivity index (χ4v) is 2.26. The van der Waals surface area contributed by atoms with Gasteiger partial charge in [-0.15, -0.1) is 0 Å². The van der Waals surface area contributed by atoms with Crippen molar-refractivity contribution in [3.8, 4) is 0 Å². The van der Waals surface area contributed by atoms with Crippen molar-refractivity contribution in [2.24, 2.45) is 5.73 Å². The molecule has 1 aromatic carbocycles. The van der Waals surface area contributed by atoms with Gasteiger partial charge in [-0.1, -0.05) is 15.9 Å². The van der Waals surface area contributed by atoms with E-state index in [2.05, 4.69) is 36.9 Å². The van der Waals surface area contributed by atoms with Crippen LogP contribution in [0, 0.1) is 0 Å². The third kappa shape index (κ3) is 2.07. The van der Waals surface area contributed by atoms with E-state index in [0.717, 1.165) is 32.2 Å². The summed E-state index contributed by atoms with van der Waals surface area (Å²) in [6, 6.07) is 8.04. The second-order valence-electron chi connectivity index (χ2n) is 4.06. The van der Waals surface area contributed by atoms with Crippen molar-refractivity contribution in [3.63, 3.8) is 0 Å². The van der Waals surface area contributed by atoms with Crippen LogP contribution in [0.1, 0.15) is 5.82 Å². The number of fused-ring (bicyclic) bond motifs is 2. The van der Waals surface area contributed by atoms with Gasteiger partial charge in [0, 0.05) is 27.9 Å². The highest BCUT2D eigenvalue weighted by molar-refractivity contribution is 9.10. The van der Waals surface area contributed by atoms with Crippen molar-refractivity contribution in [1.82, 2.24) is 15.0 Å². The zero-order valence-electron chi connectivity index (χ0n) is 9.60. The molecule has 0 aliphatic rings. The lowest BCUT2D eigenvalue weighted by molar-refractivity contribution is 0.876. The number of hydrogen-bond donors (Lipinski definition) is 1. The summed E-state index contributed by atoms with van der Waals surface area (Å²) in [4.78, 5) is 13.3.